The summed E-state index contributed by atoms with van der Waals surface area (Å²) >= 11 is 7.21. The van der Waals surface area contributed by atoms with Crippen molar-refractivity contribution < 1.29 is 18.0 Å². The van der Waals surface area contributed by atoms with Gasteiger partial charge < -0.3 is 0 Å². The summed E-state index contributed by atoms with van der Waals surface area (Å²) in [6.45, 7) is 3.82. The largest absolute Gasteiger partial charge is 0.435 e. The molecular formula is C16H13ClF3N5OS. The number of para-hydroxylation sites is 1. The van der Waals surface area contributed by atoms with Gasteiger partial charge in [-0.2, -0.15) is 18.3 Å². The maximum Gasteiger partial charge on any atom is 0.435 e. The highest BCUT2D eigenvalue weighted by molar-refractivity contribution is 7.15. The van der Waals surface area contributed by atoms with Crippen LogP contribution in [0.5, 0.6) is 0 Å². The molecule has 27 heavy (non-hydrogen) atoms. The minimum absolute atomic E-state index is 0.110. The first-order valence-electron chi connectivity index (χ1n) is 7.73. The van der Waals surface area contributed by atoms with Crippen molar-refractivity contribution in [3.8, 4) is 5.69 Å². The Labute approximate surface area is 161 Å². The van der Waals surface area contributed by atoms with Gasteiger partial charge in [0.2, 0.25) is 5.13 Å². The number of amides is 1. The van der Waals surface area contributed by atoms with Gasteiger partial charge in [0.25, 0.3) is 5.91 Å². The monoisotopic (exact) mass is 415 g/mol. The van der Waals surface area contributed by atoms with Crippen LogP contribution in [0, 0.1) is 0 Å². The van der Waals surface area contributed by atoms with E-state index in [1.807, 2.05) is 13.8 Å². The molecule has 11 heteroatoms. The fourth-order valence-corrected chi connectivity index (χ4v) is 3.12. The summed E-state index contributed by atoms with van der Waals surface area (Å²) < 4.78 is 40.2. The molecule has 0 unspecified atom stereocenters. The molecule has 3 aromatic rings. The molecule has 1 N–H and O–H groups in total. The Kier molecular flexibility index (Phi) is 5.20. The number of halogens is 4. The quantitative estimate of drug-likeness (QED) is 0.666. The maximum absolute atomic E-state index is 13.1. The summed E-state index contributed by atoms with van der Waals surface area (Å²) in [6, 6.07) is 6.83. The fourth-order valence-electron chi connectivity index (χ4n) is 2.17. The van der Waals surface area contributed by atoms with Gasteiger partial charge in [-0.1, -0.05) is 48.9 Å². The van der Waals surface area contributed by atoms with E-state index in [0.717, 1.165) is 16.0 Å². The second-order valence-electron chi connectivity index (χ2n) is 5.83. The number of carbonyl (C=O) groups is 1. The average molecular weight is 416 g/mol. The Morgan fingerprint density at radius 2 is 1.96 bits per heavy atom. The predicted molar refractivity (Wildman–Crippen MR) is 95.5 cm³/mol. The summed E-state index contributed by atoms with van der Waals surface area (Å²) in [5.41, 5.74) is -1.37. The highest BCUT2D eigenvalue weighted by atomic mass is 35.5. The molecular weight excluding hydrogens is 403 g/mol. The van der Waals surface area contributed by atoms with Crippen molar-refractivity contribution >= 4 is 34.0 Å². The van der Waals surface area contributed by atoms with E-state index in [-0.39, 0.29) is 27.5 Å². The van der Waals surface area contributed by atoms with Crippen molar-refractivity contribution in [3.63, 3.8) is 0 Å². The molecule has 142 valence electrons. The van der Waals surface area contributed by atoms with Crippen molar-refractivity contribution in [2.24, 2.45) is 0 Å². The van der Waals surface area contributed by atoms with Gasteiger partial charge in [-0.3, -0.25) is 10.1 Å². The van der Waals surface area contributed by atoms with Crippen LogP contribution >= 0.6 is 22.9 Å². The van der Waals surface area contributed by atoms with Crippen molar-refractivity contribution in [2.75, 3.05) is 5.32 Å². The minimum atomic E-state index is -4.71. The first-order valence-corrected chi connectivity index (χ1v) is 8.93. The van der Waals surface area contributed by atoms with Crippen LogP contribution in [0.15, 0.2) is 30.3 Å². The molecule has 0 radical (unpaired) electrons. The molecule has 0 bridgehead atoms. The van der Waals surface area contributed by atoms with E-state index >= 15 is 0 Å². The molecule has 0 aliphatic heterocycles. The van der Waals surface area contributed by atoms with E-state index in [1.165, 1.54) is 12.1 Å². The second kappa shape index (κ2) is 7.28. The van der Waals surface area contributed by atoms with Crippen LogP contribution < -0.4 is 5.32 Å². The van der Waals surface area contributed by atoms with E-state index in [0.29, 0.717) is 11.1 Å². The predicted octanol–water partition coefficient (Wildman–Crippen LogP) is 4.77. The van der Waals surface area contributed by atoms with Crippen LogP contribution in [-0.4, -0.2) is 25.9 Å². The highest BCUT2D eigenvalue weighted by Crippen LogP contribution is 2.31. The van der Waals surface area contributed by atoms with Gasteiger partial charge in [0.05, 0.1) is 10.7 Å². The topological polar surface area (TPSA) is 72.7 Å². The Morgan fingerprint density at radius 3 is 2.56 bits per heavy atom. The van der Waals surface area contributed by atoms with E-state index in [9.17, 15) is 18.0 Å². The van der Waals surface area contributed by atoms with Crippen LogP contribution in [0.3, 0.4) is 0 Å². The Bertz CT molecular complexity index is 983. The van der Waals surface area contributed by atoms with Crippen LogP contribution in [0.4, 0.5) is 18.3 Å². The Hall–Kier alpha value is -2.46. The van der Waals surface area contributed by atoms with Crippen LogP contribution in [0.25, 0.3) is 5.69 Å². The molecule has 0 fully saturated rings. The van der Waals surface area contributed by atoms with E-state index in [4.69, 9.17) is 11.6 Å². The van der Waals surface area contributed by atoms with Gasteiger partial charge in [-0.25, -0.2) is 4.68 Å². The van der Waals surface area contributed by atoms with Crippen LogP contribution in [-0.2, 0) is 6.18 Å². The van der Waals surface area contributed by atoms with Crippen LogP contribution in [0.2, 0.25) is 5.02 Å². The maximum atomic E-state index is 13.1. The van der Waals surface area contributed by atoms with Gasteiger partial charge >= 0.3 is 6.18 Å². The third-order valence-electron chi connectivity index (χ3n) is 3.47. The number of aromatic nitrogens is 4. The molecule has 0 spiro atoms. The van der Waals surface area contributed by atoms with E-state index < -0.39 is 17.8 Å². The lowest BCUT2D eigenvalue weighted by molar-refractivity contribution is -0.141. The first-order chi connectivity index (χ1) is 12.7. The number of nitrogens with one attached hydrogen (secondary N) is 1. The third-order valence-corrected chi connectivity index (χ3v) is 4.93. The molecule has 0 atom stereocenters. The van der Waals surface area contributed by atoms with E-state index in [2.05, 4.69) is 20.6 Å². The summed E-state index contributed by atoms with van der Waals surface area (Å²) in [5.74, 6) is -0.692. The SMILES string of the molecule is CC(C)c1nnc(NC(=O)c2cc(C(F)(F)F)nn2-c2ccccc2Cl)s1. The summed E-state index contributed by atoms with van der Waals surface area (Å²) in [6.07, 6.45) is -4.71. The standard InChI is InChI=1S/C16H13ClF3N5OS/c1-8(2)14-22-23-15(27-14)21-13(26)11-7-12(16(18,19)20)24-25(11)10-6-4-3-5-9(10)17/h3-8H,1-2H3,(H,21,23,26). The number of carbonyl (C=O) groups excluding carboxylic acids is 1. The number of rotatable bonds is 4. The van der Waals surface area contributed by atoms with Crippen molar-refractivity contribution in [3.05, 3.63) is 51.7 Å². The lowest BCUT2D eigenvalue weighted by atomic mass is 10.2. The zero-order valence-corrected chi connectivity index (χ0v) is 15.7. The number of nitrogens with zero attached hydrogens (tertiary/aromatic N) is 4. The zero-order chi connectivity index (χ0) is 19.8. The molecule has 3 rings (SSSR count). The molecule has 1 amide bonds. The number of hydrogen-bond acceptors (Lipinski definition) is 5. The van der Waals surface area contributed by atoms with Crippen LogP contribution in [0.1, 0.15) is 41.0 Å². The first kappa shape index (κ1) is 19.3. The highest BCUT2D eigenvalue weighted by Gasteiger charge is 2.36. The number of alkyl halides is 3. The van der Waals surface area contributed by atoms with Crippen molar-refractivity contribution in [2.45, 2.75) is 25.9 Å². The number of hydrogen-bond donors (Lipinski definition) is 1. The zero-order valence-electron chi connectivity index (χ0n) is 14.1. The molecule has 0 aliphatic rings. The minimum Gasteiger partial charge on any atom is -0.295 e. The van der Waals surface area contributed by atoms with E-state index in [1.54, 1.807) is 12.1 Å². The lowest BCUT2D eigenvalue weighted by Crippen LogP contribution is -2.17. The van der Waals surface area contributed by atoms with Crippen molar-refractivity contribution in [1.29, 1.82) is 0 Å². The Morgan fingerprint density at radius 1 is 1.26 bits per heavy atom. The molecule has 2 heterocycles. The molecule has 1 aromatic carbocycles. The number of anilines is 1. The van der Waals surface area contributed by atoms with Gasteiger partial charge in [0, 0.05) is 12.0 Å². The second-order valence-corrected chi connectivity index (χ2v) is 7.25. The fraction of sp³-hybridized carbons (Fsp3) is 0.250. The number of benzene rings is 1. The summed E-state index contributed by atoms with van der Waals surface area (Å²) in [4.78, 5) is 12.6. The van der Waals surface area contributed by atoms with Gasteiger partial charge in [-0.05, 0) is 12.1 Å². The van der Waals surface area contributed by atoms with Gasteiger partial charge in [-0.15, -0.1) is 10.2 Å². The lowest BCUT2D eigenvalue weighted by Gasteiger charge is -2.08. The van der Waals surface area contributed by atoms with Crippen molar-refractivity contribution in [1.82, 2.24) is 20.0 Å². The normalized spacial score (nSPS) is 11.8. The molecule has 0 aliphatic carbocycles. The summed E-state index contributed by atoms with van der Waals surface area (Å²) in [5, 5.41) is 14.8. The average Bonchev–Trinajstić information content (AvgIpc) is 3.21. The Balaban J connectivity index is 2.01. The molecule has 6 nitrogen and oxygen atoms in total. The smallest absolute Gasteiger partial charge is 0.295 e. The van der Waals surface area contributed by atoms with Gasteiger partial charge in [0.1, 0.15) is 10.7 Å². The molecule has 0 saturated heterocycles. The molecule has 2 aromatic heterocycles. The third kappa shape index (κ3) is 4.11. The molecule has 0 saturated carbocycles. The summed E-state index contributed by atoms with van der Waals surface area (Å²) in [7, 11) is 0. The van der Waals surface area contributed by atoms with Gasteiger partial charge in [0.15, 0.2) is 5.69 Å².